The summed E-state index contributed by atoms with van der Waals surface area (Å²) in [5, 5.41) is 4.25. The van der Waals surface area contributed by atoms with Crippen molar-refractivity contribution in [2.45, 2.75) is 13.0 Å². The number of hydrogen-bond donors (Lipinski definition) is 0. The summed E-state index contributed by atoms with van der Waals surface area (Å²) in [5.41, 5.74) is 3.02. The molecule has 128 valence electrons. The van der Waals surface area contributed by atoms with Crippen LogP contribution in [0.2, 0.25) is 0 Å². The van der Waals surface area contributed by atoms with Gasteiger partial charge in [-0.3, -0.25) is 4.79 Å². The quantitative estimate of drug-likeness (QED) is 0.734. The van der Waals surface area contributed by atoms with E-state index in [2.05, 4.69) is 5.10 Å². The molecule has 3 heterocycles. The second-order valence-electron chi connectivity index (χ2n) is 6.12. The van der Waals surface area contributed by atoms with Crippen LogP contribution in [0.5, 0.6) is 5.88 Å². The number of anilines is 1. The number of benzene rings is 1. The SMILES string of the molecule is Cc1ccc(N2C[C@@H](COc3cccc4ccnn34)OCC2=O)cc1. The van der Waals surface area contributed by atoms with Gasteiger partial charge in [0.05, 0.1) is 18.3 Å². The first-order chi connectivity index (χ1) is 12.2. The smallest absolute Gasteiger partial charge is 0.253 e. The normalized spacial score (nSPS) is 17.9. The van der Waals surface area contributed by atoms with E-state index in [9.17, 15) is 4.79 Å². The van der Waals surface area contributed by atoms with E-state index in [1.165, 1.54) is 0 Å². The number of carbonyl (C=O) groups excluding carboxylic acids is 1. The average molecular weight is 337 g/mol. The molecule has 2 aromatic heterocycles. The summed E-state index contributed by atoms with van der Waals surface area (Å²) < 4.78 is 13.3. The van der Waals surface area contributed by atoms with E-state index in [-0.39, 0.29) is 18.6 Å². The Morgan fingerprint density at radius 1 is 1.20 bits per heavy atom. The highest BCUT2D eigenvalue weighted by atomic mass is 16.5. The number of aryl methyl sites for hydroxylation is 1. The molecule has 0 radical (unpaired) electrons. The lowest BCUT2D eigenvalue weighted by Gasteiger charge is -2.32. The molecule has 0 unspecified atom stereocenters. The second kappa shape index (κ2) is 6.57. The minimum Gasteiger partial charge on any atom is -0.475 e. The molecular formula is C19H19N3O3. The number of rotatable bonds is 4. The lowest BCUT2D eigenvalue weighted by atomic mass is 10.2. The van der Waals surface area contributed by atoms with Gasteiger partial charge in [0, 0.05) is 11.8 Å². The molecule has 1 aromatic carbocycles. The largest absolute Gasteiger partial charge is 0.475 e. The van der Waals surface area contributed by atoms with Gasteiger partial charge < -0.3 is 14.4 Å². The van der Waals surface area contributed by atoms with Crippen LogP contribution in [-0.4, -0.2) is 41.4 Å². The number of ether oxygens (including phenoxy) is 2. The molecule has 25 heavy (non-hydrogen) atoms. The molecule has 0 saturated carbocycles. The molecule has 1 amide bonds. The lowest BCUT2D eigenvalue weighted by Crippen LogP contribution is -2.48. The number of nitrogens with zero attached hydrogens (tertiary/aromatic N) is 3. The molecule has 1 aliphatic heterocycles. The van der Waals surface area contributed by atoms with Gasteiger partial charge >= 0.3 is 0 Å². The van der Waals surface area contributed by atoms with Crippen molar-refractivity contribution >= 4 is 17.1 Å². The van der Waals surface area contributed by atoms with Gasteiger partial charge in [0.25, 0.3) is 5.91 Å². The van der Waals surface area contributed by atoms with Gasteiger partial charge in [0.2, 0.25) is 5.88 Å². The molecule has 0 aliphatic carbocycles. The fraction of sp³-hybridized carbons (Fsp3) is 0.263. The summed E-state index contributed by atoms with van der Waals surface area (Å²) in [6.45, 7) is 2.91. The van der Waals surface area contributed by atoms with E-state index in [0.29, 0.717) is 19.0 Å². The Morgan fingerprint density at radius 2 is 2.04 bits per heavy atom. The summed E-state index contributed by atoms with van der Waals surface area (Å²) in [5.74, 6) is 0.624. The standard InChI is InChI=1S/C19H19N3O3/c1-14-5-7-15(8-6-14)21-11-17(24-13-18(21)23)12-25-19-4-2-3-16-9-10-20-22(16)19/h2-10,17H,11-13H2,1H3/t17-/m0/s1. The molecule has 1 aliphatic rings. The fourth-order valence-corrected chi connectivity index (χ4v) is 2.91. The van der Waals surface area contributed by atoms with Crippen LogP contribution in [0.25, 0.3) is 5.52 Å². The van der Waals surface area contributed by atoms with E-state index in [0.717, 1.165) is 16.8 Å². The van der Waals surface area contributed by atoms with E-state index < -0.39 is 0 Å². The van der Waals surface area contributed by atoms with Crippen molar-refractivity contribution < 1.29 is 14.3 Å². The van der Waals surface area contributed by atoms with Crippen molar-refractivity contribution in [1.82, 2.24) is 9.61 Å². The molecule has 6 heteroatoms. The third-order valence-electron chi connectivity index (χ3n) is 4.28. The van der Waals surface area contributed by atoms with Crippen LogP contribution in [0, 0.1) is 6.92 Å². The minimum atomic E-state index is -0.190. The number of amides is 1. The fourth-order valence-electron chi connectivity index (χ4n) is 2.91. The Kier molecular flexibility index (Phi) is 4.11. The van der Waals surface area contributed by atoms with Crippen LogP contribution < -0.4 is 9.64 Å². The molecule has 3 aromatic rings. The van der Waals surface area contributed by atoms with E-state index >= 15 is 0 Å². The van der Waals surface area contributed by atoms with Gasteiger partial charge in [-0.2, -0.15) is 5.10 Å². The summed E-state index contributed by atoms with van der Waals surface area (Å²) in [6.07, 6.45) is 1.54. The molecule has 1 atom stereocenters. The molecule has 6 nitrogen and oxygen atoms in total. The maximum Gasteiger partial charge on any atom is 0.253 e. The second-order valence-corrected chi connectivity index (χ2v) is 6.12. The van der Waals surface area contributed by atoms with Gasteiger partial charge in [0.1, 0.15) is 19.3 Å². The van der Waals surface area contributed by atoms with Crippen LogP contribution >= 0.6 is 0 Å². The van der Waals surface area contributed by atoms with E-state index in [4.69, 9.17) is 9.47 Å². The maximum atomic E-state index is 12.2. The lowest BCUT2D eigenvalue weighted by molar-refractivity contribution is -0.130. The highest BCUT2D eigenvalue weighted by molar-refractivity contribution is 5.95. The molecule has 1 fully saturated rings. The molecule has 0 spiro atoms. The Balaban J connectivity index is 1.45. The highest BCUT2D eigenvalue weighted by Crippen LogP contribution is 2.20. The molecule has 4 rings (SSSR count). The van der Waals surface area contributed by atoms with Gasteiger partial charge in [-0.05, 0) is 31.2 Å². The van der Waals surface area contributed by atoms with Crippen LogP contribution in [0.1, 0.15) is 5.56 Å². The van der Waals surface area contributed by atoms with Crippen LogP contribution in [0.3, 0.4) is 0 Å². The van der Waals surface area contributed by atoms with Gasteiger partial charge in [0.15, 0.2) is 0 Å². The van der Waals surface area contributed by atoms with Crippen LogP contribution in [0.4, 0.5) is 5.69 Å². The zero-order chi connectivity index (χ0) is 17.2. The highest BCUT2D eigenvalue weighted by Gasteiger charge is 2.28. The van der Waals surface area contributed by atoms with E-state index in [1.807, 2.05) is 55.5 Å². The first kappa shape index (κ1) is 15.7. The van der Waals surface area contributed by atoms with Crippen molar-refractivity contribution in [2.24, 2.45) is 0 Å². The Labute approximate surface area is 145 Å². The predicted molar refractivity (Wildman–Crippen MR) is 94.0 cm³/mol. The van der Waals surface area contributed by atoms with Gasteiger partial charge in [-0.1, -0.05) is 23.8 Å². The van der Waals surface area contributed by atoms with Gasteiger partial charge in [-0.15, -0.1) is 0 Å². The number of carbonyl (C=O) groups is 1. The number of pyridine rings is 1. The third kappa shape index (κ3) is 3.21. The topological polar surface area (TPSA) is 56.1 Å². The first-order valence-corrected chi connectivity index (χ1v) is 8.25. The van der Waals surface area contributed by atoms with Crippen LogP contribution in [-0.2, 0) is 9.53 Å². The van der Waals surface area contributed by atoms with Crippen molar-refractivity contribution in [3.63, 3.8) is 0 Å². The van der Waals surface area contributed by atoms with Gasteiger partial charge in [-0.25, -0.2) is 4.52 Å². The zero-order valence-electron chi connectivity index (χ0n) is 14.0. The molecular weight excluding hydrogens is 318 g/mol. The molecule has 1 saturated heterocycles. The minimum absolute atomic E-state index is 0.0331. The van der Waals surface area contributed by atoms with Crippen molar-refractivity contribution in [2.75, 3.05) is 24.7 Å². The summed E-state index contributed by atoms with van der Waals surface area (Å²) in [7, 11) is 0. The summed E-state index contributed by atoms with van der Waals surface area (Å²) >= 11 is 0. The molecule has 0 bridgehead atoms. The first-order valence-electron chi connectivity index (χ1n) is 8.25. The monoisotopic (exact) mass is 337 g/mol. The Bertz CT molecular complexity index is 888. The molecule has 0 N–H and O–H groups in total. The van der Waals surface area contributed by atoms with Crippen molar-refractivity contribution in [3.8, 4) is 5.88 Å². The van der Waals surface area contributed by atoms with E-state index in [1.54, 1.807) is 15.6 Å². The maximum absolute atomic E-state index is 12.2. The average Bonchev–Trinajstić information content (AvgIpc) is 3.11. The third-order valence-corrected chi connectivity index (χ3v) is 4.28. The number of hydrogen-bond acceptors (Lipinski definition) is 4. The van der Waals surface area contributed by atoms with Crippen molar-refractivity contribution in [3.05, 3.63) is 60.3 Å². The van der Waals surface area contributed by atoms with Crippen LogP contribution in [0.15, 0.2) is 54.7 Å². The predicted octanol–water partition coefficient (Wildman–Crippen LogP) is 2.45. The summed E-state index contributed by atoms with van der Waals surface area (Å²) in [4.78, 5) is 13.9. The van der Waals surface area contributed by atoms with Crippen molar-refractivity contribution in [1.29, 1.82) is 0 Å². The number of aromatic nitrogens is 2. The zero-order valence-corrected chi connectivity index (χ0v) is 14.0. The number of fused-ring (bicyclic) bond motifs is 1. The summed E-state index contributed by atoms with van der Waals surface area (Å²) in [6, 6.07) is 15.6. The Hall–Kier alpha value is -2.86. The number of morpholine rings is 1. The Morgan fingerprint density at radius 3 is 2.88 bits per heavy atom.